The molecule has 0 saturated carbocycles. The number of carboxylic acids is 1. The zero-order valence-electron chi connectivity index (χ0n) is 16.7. The number of carbonyl (C=O) groups is 2. The molecule has 2 N–H and O–H groups in total. The Morgan fingerprint density at radius 3 is 2.61 bits per heavy atom. The van der Waals surface area contributed by atoms with Crippen LogP contribution in [0.15, 0.2) is 36.5 Å². The first-order chi connectivity index (χ1) is 13.4. The summed E-state index contributed by atoms with van der Waals surface area (Å²) in [5.74, 6) is -0.740. The van der Waals surface area contributed by atoms with E-state index in [-0.39, 0.29) is 17.4 Å². The summed E-state index contributed by atoms with van der Waals surface area (Å²) < 4.78 is 5.25. The zero-order valence-corrected chi connectivity index (χ0v) is 16.7. The molecule has 2 rings (SSSR count). The van der Waals surface area contributed by atoms with Gasteiger partial charge in [0.15, 0.2) is 0 Å². The van der Waals surface area contributed by atoms with E-state index in [1.165, 1.54) is 19.2 Å². The van der Waals surface area contributed by atoms with Gasteiger partial charge in [-0.1, -0.05) is 32.3 Å². The van der Waals surface area contributed by atoms with Gasteiger partial charge in [0.25, 0.3) is 0 Å². The van der Waals surface area contributed by atoms with Crippen molar-refractivity contribution in [1.29, 1.82) is 0 Å². The molecular formula is C22H28N2O4. The van der Waals surface area contributed by atoms with Crippen LogP contribution in [0.25, 0.3) is 0 Å². The molecule has 0 spiro atoms. The van der Waals surface area contributed by atoms with E-state index in [4.69, 9.17) is 4.74 Å². The Morgan fingerprint density at radius 1 is 1.21 bits per heavy atom. The van der Waals surface area contributed by atoms with E-state index >= 15 is 0 Å². The average Bonchev–Trinajstić information content (AvgIpc) is 2.68. The fourth-order valence-electron chi connectivity index (χ4n) is 3.11. The highest BCUT2D eigenvalue weighted by Crippen LogP contribution is 2.29. The van der Waals surface area contributed by atoms with E-state index in [2.05, 4.69) is 17.2 Å². The van der Waals surface area contributed by atoms with Crippen molar-refractivity contribution in [3.8, 4) is 5.75 Å². The maximum absolute atomic E-state index is 12.7. The van der Waals surface area contributed by atoms with Crippen LogP contribution in [0.2, 0.25) is 0 Å². The van der Waals surface area contributed by atoms with Crippen molar-refractivity contribution in [2.45, 2.75) is 51.9 Å². The first kappa shape index (κ1) is 21.4. The van der Waals surface area contributed by atoms with Crippen molar-refractivity contribution in [3.63, 3.8) is 0 Å². The van der Waals surface area contributed by atoms with Gasteiger partial charge in [0, 0.05) is 18.3 Å². The van der Waals surface area contributed by atoms with Crippen molar-refractivity contribution < 1.29 is 19.4 Å². The van der Waals surface area contributed by atoms with Crippen molar-refractivity contribution >= 4 is 17.6 Å². The third-order valence-electron chi connectivity index (χ3n) is 4.71. The number of anilines is 1. The minimum Gasteiger partial charge on any atom is -0.495 e. The third-order valence-corrected chi connectivity index (χ3v) is 4.71. The van der Waals surface area contributed by atoms with Gasteiger partial charge in [0.2, 0.25) is 5.91 Å². The van der Waals surface area contributed by atoms with Gasteiger partial charge in [-0.3, -0.25) is 9.78 Å². The number of aromatic carboxylic acids is 1. The van der Waals surface area contributed by atoms with E-state index in [1.54, 1.807) is 6.07 Å². The normalized spacial score (nSPS) is 11.7. The Kier molecular flexibility index (Phi) is 7.99. The van der Waals surface area contributed by atoms with Gasteiger partial charge in [-0.15, -0.1) is 0 Å². The lowest BCUT2D eigenvalue weighted by molar-refractivity contribution is -0.116. The maximum Gasteiger partial charge on any atom is 0.335 e. The van der Waals surface area contributed by atoms with Crippen LogP contribution < -0.4 is 10.1 Å². The highest BCUT2D eigenvalue weighted by molar-refractivity contribution is 5.95. The highest BCUT2D eigenvalue weighted by Gasteiger charge is 2.18. The third kappa shape index (κ3) is 6.08. The molecule has 6 heteroatoms. The molecule has 0 bridgehead atoms. The Morgan fingerprint density at radius 2 is 2.00 bits per heavy atom. The molecular weight excluding hydrogens is 356 g/mol. The van der Waals surface area contributed by atoms with Gasteiger partial charge < -0.3 is 15.2 Å². The summed E-state index contributed by atoms with van der Waals surface area (Å²) in [7, 11) is 1.48. The minimum atomic E-state index is -1.05. The first-order valence-corrected chi connectivity index (χ1v) is 9.58. The van der Waals surface area contributed by atoms with Crippen molar-refractivity contribution in [2.24, 2.45) is 0 Å². The fourth-order valence-corrected chi connectivity index (χ4v) is 3.11. The lowest BCUT2D eigenvalue weighted by Crippen LogP contribution is -2.17. The Bertz CT molecular complexity index is 803. The Balaban J connectivity index is 2.15. The number of nitrogens with zero attached hydrogens (tertiary/aromatic N) is 1. The number of unbranched alkanes of at least 4 members (excludes halogenated alkanes) is 2. The van der Waals surface area contributed by atoms with E-state index in [9.17, 15) is 14.7 Å². The summed E-state index contributed by atoms with van der Waals surface area (Å²) in [4.78, 5) is 28.3. The van der Waals surface area contributed by atoms with Crippen LogP contribution in [-0.2, 0) is 4.79 Å². The molecule has 1 aromatic heterocycles. The van der Waals surface area contributed by atoms with Gasteiger partial charge in [0.05, 0.1) is 18.4 Å². The summed E-state index contributed by atoms with van der Waals surface area (Å²) in [6.45, 7) is 4.08. The largest absolute Gasteiger partial charge is 0.495 e. The molecule has 6 nitrogen and oxygen atoms in total. The molecule has 0 saturated heterocycles. The molecule has 150 valence electrons. The molecule has 1 amide bonds. The molecule has 28 heavy (non-hydrogen) atoms. The molecule has 1 aromatic carbocycles. The topological polar surface area (TPSA) is 88.5 Å². The summed E-state index contributed by atoms with van der Waals surface area (Å²) in [5, 5.41) is 12.0. The highest BCUT2D eigenvalue weighted by atomic mass is 16.5. The van der Waals surface area contributed by atoms with E-state index < -0.39 is 5.97 Å². The summed E-state index contributed by atoms with van der Waals surface area (Å²) in [6.07, 6.45) is 6.31. The van der Waals surface area contributed by atoms with E-state index in [1.807, 2.05) is 25.3 Å². The van der Waals surface area contributed by atoms with Crippen LogP contribution in [0.4, 0.5) is 5.69 Å². The van der Waals surface area contributed by atoms with Gasteiger partial charge >= 0.3 is 5.97 Å². The van der Waals surface area contributed by atoms with E-state index in [0.717, 1.165) is 36.9 Å². The van der Waals surface area contributed by atoms with Gasteiger partial charge in [-0.05, 0) is 49.1 Å². The second-order valence-corrected chi connectivity index (χ2v) is 6.90. The van der Waals surface area contributed by atoms with Crippen molar-refractivity contribution in [1.82, 2.24) is 4.98 Å². The predicted octanol–water partition coefficient (Wildman–Crippen LogP) is 4.79. The zero-order chi connectivity index (χ0) is 20.5. The Labute approximate surface area is 166 Å². The first-order valence-electron chi connectivity index (χ1n) is 9.58. The number of carboxylic acid groups (broad SMARTS) is 1. The number of hydrogen-bond acceptors (Lipinski definition) is 4. The Hall–Kier alpha value is -2.89. The number of aromatic nitrogens is 1. The number of hydrogen-bond donors (Lipinski definition) is 2. The second-order valence-electron chi connectivity index (χ2n) is 6.90. The van der Waals surface area contributed by atoms with Crippen molar-refractivity contribution in [3.05, 3.63) is 53.3 Å². The lowest BCUT2D eigenvalue weighted by Gasteiger charge is -2.18. The maximum atomic E-state index is 12.7. The van der Waals surface area contributed by atoms with Crippen LogP contribution in [0.1, 0.15) is 66.6 Å². The monoisotopic (exact) mass is 384 g/mol. The molecule has 1 heterocycles. The molecule has 0 aliphatic rings. The fraction of sp³-hybridized carbons (Fsp3) is 0.409. The van der Waals surface area contributed by atoms with E-state index in [0.29, 0.717) is 17.9 Å². The number of pyridine rings is 1. The van der Waals surface area contributed by atoms with Crippen LogP contribution in [0, 0.1) is 6.92 Å². The summed E-state index contributed by atoms with van der Waals surface area (Å²) in [5.41, 5.74) is 2.44. The summed E-state index contributed by atoms with van der Waals surface area (Å²) in [6, 6.07) is 8.39. The second kappa shape index (κ2) is 10.4. The van der Waals surface area contributed by atoms with Crippen LogP contribution in [0.3, 0.4) is 0 Å². The number of rotatable bonds is 10. The van der Waals surface area contributed by atoms with Crippen LogP contribution in [0.5, 0.6) is 5.75 Å². The number of benzene rings is 1. The number of amides is 1. The predicted molar refractivity (Wildman–Crippen MR) is 109 cm³/mol. The van der Waals surface area contributed by atoms with Gasteiger partial charge in [-0.25, -0.2) is 4.79 Å². The smallest absolute Gasteiger partial charge is 0.335 e. The van der Waals surface area contributed by atoms with Gasteiger partial charge in [0.1, 0.15) is 5.75 Å². The molecule has 1 atom stereocenters. The SMILES string of the molecule is CCCCCC(CC(=O)Nc1cc(C(=O)O)ccc1OC)c1ccc(C)nc1. The standard InChI is InChI=1S/C22H28N2O4/c1-4-5-6-7-16(18-9-8-15(2)23-14-18)13-21(25)24-19-12-17(22(26)27)10-11-20(19)28-3/h8-12,14,16H,4-7,13H2,1-3H3,(H,24,25)(H,26,27). The lowest BCUT2D eigenvalue weighted by atomic mass is 9.91. The molecule has 0 aliphatic carbocycles. The molecule has 0 radical (unpaired) electrons. The van der Waals surface area contributed by atoms with Crippen LogP contribution in [-0.4, -0.2) is 29.1 Å². The number of aryl methyl sites for hydroxylation is 1. The van der Waals surface area contributed by atoms with Gasteiger partial charge in [-0.2, -0.15) is 0 Å². The average molecular weight is 384 g/mol. The minimum absolute atomic E-state index is 0.0632. The summed E-state index contributed by atoms with van der Waals surface area (Å²) >= 11 is 0. The van der Waals surface area contributed by atoms with Crippen molar-refractivity contribution in [2.75, 3.05) is 12.4 Å². The van der Waals surface area contributed by atoms with Crippen LogP contribution >= 0.6 is 0 Å². The molecule has 0 fully saturated rings. The number of ether oxygens (including phenoxy) is 1. The number of methoxy groups -OCH3 is 1. The molecule has 0 aliphatic heterocycles. The quantitative estimate of drug-likeness (QED) is 0.575. The molecule has 1 unspecified atom stereocenters. The number of nitrogens with one attached hydrogen (secondary N) is 1. The number of carbonyl (C=O) groups excluding carboxylic acids is 1. The molecule has 2 aromatic rings.